The predicted octanol–water partition coefficient (Wildman–Crippen LogP) is 3.36. The molecule has 1 aliphatic rings. The third-order valence-electron chi connectivity index (χ3n) is 5.94. The minimum Gasteiger partial charge on any atom is -0.382 e. The Hall–Kier alpha value is -4.74. The van der Waals surface area contributed by atoms with Crippen LogP contribution in [0.4, 0.5) is 24.8 Å². The molecule has 4 rings (SSSR count). The number of methoxy groups -OCH3 is 1. The number of carbonyl (C=O) groups excluding carboxylic acids is 1. The van der Waals surface area contributed by atoms with Crippen LogP contribution in [0.1, 0.15) is 23.2 Å². The molecule has 3 aromatic rings. The van der Waals surface area contributed by atoms with E-state index in [9.17, 15) is 23.2 Å². The number of aromatic nitrogens is 4. The van der Waals surface area contributed by atoms with E-state index in [2.05, 4.69) is 28.1 Å². The molecular weight excluding hydrogens is 529 g/mol. The molecule has 4 heterocycles. The number of nitriles is 1. The van der Waals surface area contributed by atoms with Gasteiger partial charge in [0.2, 0.25) is 0 Å². The molecule has 0 saturated carbocycles. The Morgan fingerprint density at radius 3 is 2.90 bits per heavy atom. The number of morpholine rings is 1. The average molecular weight is 555 g/mol. The molecule has 208 valence electrons. The van der Waals surface area contributed by atoms with Crippen LogP contribution in [0.5, 0.6) is 0 Å². The number of allylic oxidation sites excluding steroid dienone is 2. The first-order valence-electron chi connectivity index (χ1n) is 11.9. The topological polar surface area (TPSA) is 144 Å². The van der Waals surface area contributed by atoms with Gasteiger partial charge in [0, 0.05) is 31.3 Å². The summed E-state index contributed by atoms with van der Waals surface area (Å²) in [7, 11) is 1.43. The van der Waals surface area contributed by atoms with E-state index < -0.39 is 23.8 Å². The second kappa shape index (κ2) is 12.0. The molecule has 0 spiro atoms. The van der Waals surface area contributed by atoms with Gasteiger partial charge in [0.15, 0.2) is 6.19 Å². The minimum atomic E-state index is -4.59. The maximum atomic E-state index is 13.1. The van der Waals surface area contributed by atoms with E-state index in [-0.39, 0.29) is 23.8 Å². The fourth-order valence-corrected chi connectivity index (χ4v) is 3.98. The standard InChI is InChI=1S/C26H25F3N8O3/c1-16(3-4-17(6-11-39-2)25(38)34-20-13-18(5-7-32-20)26(27,28)29)21-22-23(31)33-8-9-37(22)24(35-21)19-14-36(15-30)10-12-40-19/h3-9,13,19H,1,10-12,14H2,2H3,(H2,31,33)(H,32,34,38)/b4-3-,17-6+/t19-/m1/s1. The average Bonchev–Trinajstić information content (AvgIpc) is 3.34. The summed E-state index contributed by atoms with van der Waals surface area (Å²) in [5.41, 5.74) is 6.51. The van der Waals surface area contributed by atoms with Gasteiger partial charge in [0.25, 0.3) is 5.91 Å². The first kappa shape index (κ1) is 28.3. The van der Waals surface area contributed by atoms with E-state index in [0.717, 1.165) is 18.3 Å². The van der Waals surface area contributed by atoms with Gasteiger partial charge in [-0.3, -0.25) is 9.20 Å². The zero-order valence-corrected chi connectivity index (χ0v) is 21.4. The van der Waals surface area contributed by atoms with Crippen LogP contribution in [0.3, 0.4) is 0 Å². The molecule has 3 N–H and O–H groups in total. The van der Waals surface area contributed by atoms with Crippen molar-refractivity contribution < 1.29 is 27.4 Å². The fourth-order valence-electron chi connectivity index (χ4n) is 3.98. The molecular formula is C26H25F3N8O3. The van der Waals surface area contributed by atoms with E-state index in [0.29, 0.717) is 42.3 Å². The van der Waals surface area contributed by atoms with Crippen molar-refractivity contribution in [1.82, 2.24) is 24.3 Å². The highest BCUT2D eigenvalue weighted by atomic mass is 19.4. The van der Waals surface area contributed by atoms with Crippen LogP contribution in [0.15, 0.2) is 61.1 Å². The van der Waals surface area contributed by atoms with E-state index in [1.807, 2.05) is 0 Å². The van der Waals surface area contributed by atoms with Gasteiger partial charge < -0.3 is 25.4 Å². The zero-order valence-electron chi connectivity index (χ0n) is 21.4. The second-order valence-corrected chi connectivity index (χ2v) is 8.61. The van der Waals surface area contributed by atoms with Crippen molar-refractivity contribution in [3.05, 3.63) is 78.2 Å². The van der Waals surface area contributed by atoms with Crippen molar-refractivity contribution >= 4 is 28.6 Å². The second-order valence-electron chi connectivity index (χ2n) is 8.61. The molecule has 1 aliphatic heterocycles. The third kappa shape index (κ3) is 6.28. The maximum absolute atomic E-state index is 13.1. The van der Waals surface area contributed by atoms with Crippen LogP contribution < -0.4 is 11.1 Å². The van der Waals surface area contributed by atoms with Gasteiger partial charge in [0.1, 0.15) is 29.1 Å². The van der Waals surface area contributed by atoms with Gasteiger partial charge in [-0.1, -0.05) is 12.7 Å². The van der Waals surface area contributed by atoms with Gasteiger partial charge in [-0.2, -0.15) is 18.4 Å². The number of hydrogen-bond acceptors (Lipinski definition) is 9. The van der Waals surface area contributed by atoms with Crippen LogP contribution in [-0.2, 0) is 20.4 Å². The number of halogens is 3. The van der Waals surface area contributed by atoms with E-state index in [1.54, 1.807) is 15.5 Å². The molecule has 11 nitrogen and oxygen atoms in total. The normalized spacial score (nSPS) is 16.3. The summed E-state index contributed by atoms with van der Waals surface area (Å²) in [4.78, 5) is 27.1. The highest BCUT2D eigenvalue weighted by Gasteiger charge is 2.31. The number of alkyl halides is 3. The van der Waals surface area contributed by atoms with Gasteiger partial charge in [-0.15, -0.1) is 0 Å². The van der Waals surface area contributed by atoms with Crippen LogP contribution in [0.2, 0.25) is 0 Å². The van der Waals surface area contributed by atoms with Crippen molar-refractivity contribution in [2.75, 3.05) is 44.5 Å². The number of amides is 1. The Labute approximate surface area is 227 Å². The molecule has 40 heavy (non-hydrogen) atoms. The molecule has 1 fully saturated rings. The molecule has 0 aromatic carbocycles. The summed E-state index contributed by atoms with van der Waals surface area (Å²) in [6, 6.07) is 1.55. The SMILES string of the molecule is C=C(/C=C\C(=C/COC)C(=O)Nc1cc(C(F)(F)F)ccn1)c1nc([C@H]2CN(C#N)CCO2)n2ccnc(N)c12. The Morgan fingerprint density at radius 1 is 1.38 bits per heavy atom. The van der Waals surface area contributed by atoms with Crippen LogP contribution in [-0.4, -0.2) is 63.6 Å². The molecule has 0 bridgehead atoms. The van der Waals surface area contributed by atoms with Crippen molar-refractivity contribution in [1.29, 1.82) is 5.26 Å². The number of nitrogens with zero attached hydrogens (tertiary/aromatic N) is 6. The lowest BCUT2D eigenvalue weighted by molar-refractivity contribution is -0.137. The molecule has 1 atom stereocenters. The lowest BCUT2D eigenvalue weighted by Crippen LogP contribution is -2.35. The first-order chi connectivity index (χ1) is 19.1. The highest BCUT2D eigenvalue weighted by molar-refractivity contribution is 6.05. The number of rotatable bonds is 8. The third-order valence-corrected chi connectivity index (χ3v) is 5.94. The minimum absolute atomic E-state index is 0.0540. The quantitative estimate of drug-likeness (QED) is 0.243. The first-order valence-corrected chi connectivity index (χ1v) is 11.9. The van der Waals surface area contributed by atoms with Crippen molar-refractivity contribution in [2.45, 2.75) is 12.3 Å². The van der Waals surface area contributed by atoms with E-state index in [1.165, 1.54) is 31.5 Å². The van der Waals surface area contributed by atoms with Crippen molar-refractivity contribution in [3.8, 4) is 6.19 Å². The van der Waals surface area contributed by atoms with Crippen molar-refractivity contribution in [3.63, 3.8) is 0 Å². The molecule has 0 aliphatic carbocycles. The van der Waals surface area contributed by atoms with E-state index in [4.69, 9.17) is 20.2 Å². The number of anilines is 2. The number of imidazole rings is 1. The Morgan fingerprint density at radius 2 is 2.17 bits per heavy atom. The lowest BCUT2D eigenvalue weighted by Gasteiger charge is -2.28. The molecule has 1 amide bonds. The Bertz CT molecular complexity index is 1520. The molecule has 3 aromatic heterocycles. The number of ether oxygens (including phenoxy) is 2. The summed E-state index contributed by atoms with van der Waals surface area (Å²) in [5.74, 6) is -0.297. The highest BCUT2D eigenvalue weighted by Crippen LogP contribution is 2.31. The van der Waals surface area contributed by atoms with Crippen LogP contribution in [0, 0.1) is 11.5 Å². The zero-order chi connectivity index (χ0) is 28.9. The predicted molar refractivity (Wildman–Crippen MR) is 139 cm³/mol. The molecule has 0 radical (unpaired) electrons. The number of fused-ring (bicyclic) bond motifs is 1. The Kier molecular flexibility index (Phi) is 8.46. The smallest absolute Gasteiger partial charge is 0.382 e. The van der Waals surface area contributed by atoms with Crippen molar-refractivity contribution in [2.24, 2.45) is 0 Å². The largest absolute Gasteiger partial charge is 0.416 e. The molecule has 1 saturated heterocycles. The monoisotopic (exact) mass is 554 g/mol. The number of nitrogens with two attached hydrogens (primary N) is 1. The van der Waals surface area contributed by atoms with Gasteiger partial charge >= 0.3 is 6.18 Å². The van der Waals surface area contributed by atoms with Gasteiger partial charge in [-0.05, 0) is 29.9 Å². The number of nitrogen functional groups attached to an aromatic ring is 1. The number of pyridine rings is 1. The van der Waals surface area contributed by atoms with Crippen LogP contribution >= 0.6 is 0 Å². The van der Waals surface area contributed by atoms with E-state index >= 15 is 0 Å². The molecule has 0 unspecified atom stereocenters. The summed E-state index contributed by atoms with van der Waals surface area (Å²) < 4.78 is 51.8. The Balaban J connectivity index is 1.62. The fraction of sp³-hybridized carbons (Fsp3) is 0.269. The van der Waals surface area contributed by atoms with Gasteiger partial charge in [0.05, 0.1) is 37.6 Å². The summed E-state index contributed by atoms with van der Waals surface area (Å²) in [6.07, 6.45) is 5.54. The summed E-state index contributed by atoms with van der Waals surface area (Å²) in [5, 5.41) is 11.7. The number of carbonyl (C=O) groups is 1. The number of hydrogen-bond donors (Lipinski definition) is 2. The summed E-state index contributed by atoms with van der Waals surface area (Å²) >= 11 is 0. The van der Waals surface area contributed by atoms with Gasteiger partial charge in [-0.25, -0.2) is 15.0 Å². The number of nitrogens with one attached hydrogen (secondary N) is 1. The lowest BCUT2D eigenvalue weighted by atomic mass is 10.1. The van der Waals surface area contributed by atoms with Crippen LogP contribution in [0.25, 0.3) is 11.1 Å². The maximum Gasteiger partial charge on any atom is 0.416 e. The summed E-state index contributed by atoms with van der Waals surface area (Å²) in [6.45, 7) is 5.23. The molecule has 14 heteroatoms.